The van der Waals surface area contributed by atoms with Crippen molar-refractivity contribution in [3.63, 3.8) is 0 Å². The van der Waals surface area contributed by atoms with E-state index >= 15 is 0 Å². The molecule has 0 bridgehead atoms. The highest BCUT2D eigenvalue weighted by atomic mass is 35.5. The summed E-state index contributed by atoms with van der Waals surface area (Å²) in [4.78, 5) is 53.3. The first-order valence-electron chi connectivity index (χ1n) is 33.9. The second-order valence-corrected chi connectivity index (χ2v) is 28.6. The number of pyridine rings is 6. The van der Waals surface area contributed by atoms with E-state index in [1.165, 1.54) is 12.0 Å². The molecule has 2 amide bonds. The van der Waals surface area contributed by atoms with Crippen LogP contribution in [0.25, 0.3) is 99.9 Å². The van der Waals surface area contributed by atoms with Crippen LogP contribution in [-0.2, 0) is 26.1 Å². The van der Waals surface area contributed by atoms with Gasteiger partial charge in [-0.1, -0.05) is 175 Å². The lowest BCUT2D eigenvalue weighted by Gasteiger charge is -2.43. The van der Waals surface area contributed by atoms with Crippen LogP contribution in [0.15, 0.2) is 219 Å². The highest BCUT2D eigenvalue weighted by Crippen LogP contribution is 2.46. The zero-order valence-corrected chi connectivity index (χ0v) is 58.9. The molecule has 502 valence electrons. The lowest BCUT2D eigenvalue weighted by Crippen LogP contribution is -2.52. The summed E-state index contributed by atoms with van der Waals surface area (Å²) in [5.41, 5.74) is 25.1. The maximum Gasteiger partial charge on any atom is 0.408 e. The van der Waals surface area contributed by atoms with Crippen molar-refractivity contribution < 1.29 is 19.1 Å². The highest BCUT2D eigenvalue weighted by Gasteiger charge is 2.43. The smallest absolute Gasteiger partial charge is 0.408 e. The molecule has 6 aromatic carbocycles. The second-order valence-electron chi connectivity index (χ2n) is 28.2. The number of amides is 2. The van der Waals surface area contributed by atoms with Crippen molar-refractivity contribution in [2.75, 3.05) is 0 Å². The normalized spacial score (nSPS) is 14.8. The largest absolute Gasteiger partial charge is 0.444 e. The van der Waals surface area contributed by atoms with Crippen LogP contribution in [-0.4, -0.2) is 53.3 Å². The number of fused-ring (bicyclic) bond motifs is 3. The molecular weight excluding hydrogens is 1270 g/mol. The van der Waals surface area contributed by atoms with Gasteiger partial charge in [0.05, 0.1) is 44.7 Å². The molecule has 0 saturated heterocycles. The first-order chi connectivity index (χ1) is 47.1. The minimum atomic E-state index is -0.535. The summed E-state index contributed by atoms with van der Waals surface area (Å²) in [6, 6.07) is 68.7. The maximum atomic E-state index is 12.5. The number of hydrogen-bond donors (Lipinski definition) is 3. The number of ether oxygens (including phenoxy) is 2. The first-order valence-corrected chi connectivity index (χ1v) is 34.3. The average molecular weight is 1350 g/mol. The van der Waals surface area contributed by atoms with Gasteiger partial charge < -0.3 is 25.8 Å². The van der Waals surface area contributed by atoms with Gasteiger partial charge in [0.1, 0.15) is 16.4 Å². The van der Waals surface area contributed by atoms with Gasteiger partial charge in [0, 0.05) is 85.1 Å². The third kappa shape index (κ3) is 15.1. The highest BCUT2D eigenvalue weighted by molar-refractivity contribution is 6.34. The minimum Gasteiger partial charge on any atom is -0.444 e. The van der Waals surface area contributed by atoms with E-state index in [2.05, 4.69) is 165 Å². The Morgan fingerprint density at radius 2 is 0.727 bits per heavy atom. The molecule has 0 spiro atoms. The fourth-order valence-corrected chi connectivity index (χ4v) is 13.6. The zero-order chi connectivity index (χ0) is 68.4. The predicted molar refractivity (Wildman–Crippen MR) is 402 cm³/mol. The summed E-state index contributed by atoms with van der Waals surface area (Å²) < 4.78 is 11.1. The minimum absolute atomic E-state index is 0. The number of carbonyl (C=O) groups excluding carboxylic acids is 2. The molecule has 3 fully saturated rings. The zero-order valence-electron chi connectivity index (χ0n) is 57.3. The number of aromatic nitrogens is 6. The Morgan fingerprint density at radius 1 is 0.414 bits per heavy atom. The Bertz CT molecular complexity index is 4660. The molecule has 3 aliphatic carbocycles. The monoisotopic (exact) mass is 1350 g/mol. The van der Waals surface area contributed by atoms with Crippen LogP contribution in [0.3, 0.4) is 0 Å². The molecule has 6 heterocycles. The Kier molecular flexibility index (Phi) is 19.9. The molecule has 6 aromatic heterocycles. The number of hydrogen-bond acceptors (Lipinski definition) is 11. The third-order valence-electron chi connectivity index (χ3n) is 19.1. The Balaban J connectivity index is 0.000000141. The Hall–Kier alpha value is -9.92. The molecule has 0 atom stereocenters. The van der Waals surface area contributed by atoms with Crippen LogP contribution in [0.1, 0.15) is 127 Å². The Labute approximate surface area is 590 Å². The molecule has 12 aromatic rings. The van der Waals surface area contributed by atoms with Crippen molar-refractivity contribution in [2.24, 2.45) is 5.73 Å². The van der Waals surface area contributed by atoms with Crippen LogP contribution in [0.5, 0.6) is 0 Å². The van der Waals surface area contributed by atoms with E-state index in [-0.39, 0.29) is 41.2 Å². The van der Waals surface area contributed by atoms with Gasteiger partial charge in [-0.2, -0.15) is 0 Å². The number of halogens is 2. The van der Waals surface area contributed by atoms with Gasteiger partial charge in [0.25, 0.3) is 0 Å². The quantitative estimate of drug-likeness (QED) is 0.105. The molecule has 4 N–H and O–H groups in total. The van der Waals surface area contributed by atoms with Gasteiger partial charge in [-0.25, -0.2) is 29.5 Å². The van der Waals surface area contributed by atoms with Crippen LogP contribution in [0, 0.1) is 13.8 Å². The van der Waals surface area contributed by atoms with Gasteiger partial charge in [-0.3, -0.25) is 9.97 Å². The topological polar surface area (TPSA) is 180 Å². The van der Waals surface area contributed by atoms with Gasteiger partial charge in [-0.15, -0.1) is 12.4 Å². The molecule has 0 aliphatic heterocycles. The lowest BCUT2D eigenvalue weighted by atomic mass is 9.71. The number of carbonyl (C=O) groups is 2. The molecule has 15 rings (SSSR count). The molecule has 0 unspecified atom stereocenters. The first kappa shape index (κ1) is 69.0. The number of benzene rings is 6. The summed E-state index contributed by atoms with van der Waals surface area (Å²) in [5.74, 6) is 0. The van der Waals surface area contributed by atoms with E-state index in [0.717, 1.165) is 174 Å². The van der Waals surface area contributed by atoms with Crippen molar-refractivity contribution in [3.8, 4) is 67.2 Å². The summed E-state index contributed by atoms with van der Waals surface area (Å²) in [7, 11) is 0. The number of nitrogens with two attached hydrogens (primary N) is 1. The molecule has 0 radical (unpaired) electrons. The maximum absolute atomic E-state index is 12.5. The van der Waals surface area contributed by atoms with E-state index in [9.17, 15) is 9.59 Å². The van der Waals surface area contributed by atoms with Crippen molar-refractivity contribution in [1.82, 2.24) is 40.5 Å². The predicted octanol–water partition coefficient (Wildman–Crippen LogP) is 20.7. The molecular formula is C84H83Cl2N9O4. The van der Waals surface area contributed by atoms with Gasteiger partial charge in [-0.05, 0) is 183 Å². The van der Waals surface area contributed by atoms with E-state index in [4.69, 9.17) is 41.8 Å². The van der Waals surface area contributed by atoms with Gasteiger partial charge in [0.2, 0.25) is 0 Å². The van der Waals surface area contributed by atoms with Crippen LogP contribution in [0.2, 0.25) is 5.15 Å². The third-order valence-corrected chi connectivity index (χ3v) is 19.4. The molecule has 13 nitrogen and oxygen atoms in total. The fourth-order valence-electron chi connectivity index (χ4n) is 13.4. The van der Waals surface area contributed by atoms with Crippen molar-refractivity contribution >= 4 is 68.9 Å². The SMILES string of the molecule is CC(C)(C)OC(=O)NC1(c2ccc(-c3nc4ccnc(Cl)c4cc3-c3ccccc3)cc2)CCC1.Cc1nccc2nc(-c3ccc(C4(N)CCC4)cc3)c(-c3ccccc3)cc12.Cc1nccc2nc(-c3ccc(C4(NC(=O)OC(C)(C)C)CCC4)cc3)c(-c3ccccc3)cc12.Cl. The van der Waals surface area contributed by atoms with E-state index < -0.39 is 11.2 Å². The Morgan fingerprint density at radius 3 is 1.04 bits per heavy atom. The second kappa shape index (κ2) is 28.5. The summed E-state index contributed by atoms with van der Waals surface area (Å²) in [6.45, 7) is 15.3. The summed E-state index contributed by atoms with van der Waals surface area (Å²) >= 11 is 6.39. The summed E-state index contributed by atoms with van der Waals surface area (Å²) in [6.07, 6.45) is 13.7. The fraction of sp³-hybridized carbons (Fsp3) is 0.262. The molecule has 15 heteroatoms. The number of nitrogens with zero attached hydrogens (tertiary/aromatic N) is 6. The van der Waals surface area contributed by atoms with Crippen molar-refractivity contribution in [2.45, 2.75) is 141 Å². The number of rotatable bonds is 11. The standard InChI is InChI=1S/C30H31N3O2.C29H28ClN3O2.C25H23N3.ClH/c1-20-24-19-25(21-9-6-5-7-10-21)27(32-26(24)15-18-31-20)22-11-13-23(14-12-22)30(16-8-17-30)33-28(34)35-29(2,3)4;1-28(2,3)35-27(34)33-29(15-7-16-29)21-12-10-20(11-13-21)25-22(19-8-5-4-6-9-19)18-23-24(32-25)14-17-31-26(23)30;1-17-21-16-22(18-6-3-2-4-7-18)24(28-23(21)12-15-27-17)19-8-10-20(11-9-19)25(26)13-5-14-25;/h5-7,9-15,18-19H,8,16-17H2,1-4H3,(H,33,34);4-6,8-14,17-18H,7,15-16H2,1-3H3,(H,33,34);2-4,6-12,15-16H,5,13-14,26H2,1H3;1H. The average Bonchev–Trinajstić information content (AvgIpc) is 0.775. The van der Waals surface area contributed by atoms with E-state index in [0.29, 0.717) is 5.15 Å². The summed E-state index contributed by atoms with van der Waals surface area (Å²) in [5, 5.41) is 9.69. The van der Waals surface area contributed by atoms with Gasteiger partial charge >= 0.3 is 12.2 Å². The van der Waals surface area contributed by atoms with Crippen molar-refractivity contribution in [1.29, 1.82) is 0 Å². The number of aryl methyl sites for hydroxylation is 2. The lowest BCUT2D eigenvalue weighted by molar-refractivity contribution is 0.0365. The van der Waals surface area contributed by atoms with Crippen LogP contribution >= 0.6 is 24.0 Å². The van der Waals surface area contributed by atoms with E-state index in [1.54, 1.807) is 6.20 Å². The molecule has 3 aliphatic rings. The number of alkyl carbamates (subject to hydrolysis) is 2. The van der Waals surface area contributed by atoms with Crippen molar-refractivity contribution in [3.05, 3.63) is 252 Å². The number of nitrogens with one attached hydrogen (secondary N) is 2. The van der Waals surface area contributed by atoms with Gasteiger partial charge in [0.15, 0.2) is 0 Å². The van der Waals surface area contributed by atoms with E-state index in [1.807, 2.05) is 128 Å². The molecule has 3 saturated carbocycles. The van der Waals surface area contributed by atoms with Crippen LogP contribution in [0.4, 0.5) is 9.59 Å². The molecule has 99 heavy (non-hydrogen) atoms. The van der Waals surface area contributed by atoms with Crippen LogP contribution < -0.4 is 16.4 Å².